The van der Waals surface area contributed by atoms with E-state index in [2.05, 4.69) is 9.84 Å². The monoisotopic (exact) mass is 646 g/mol. The largest absolute Gasteiger partial charge is 0.756 e. The first-order valence-electron chi connectivity index (χ1n) is 14.9. The Morgan fingerprint density at radius 3 is 2.30 bits per heavy atom. The summed E-state index contributed by atoms with van der Waals surface area (Å²) >= 11 is 0. The molecule has 2 amide bonds. The summed E-state index contributed by atoms with van der Waals surface area (Å²) in [6.45, 7) is 6.73. The summed E-state index contributed by atoms with van der Waals surface area (Å²) < 4.78 is 43.0. The molecule has 0 aliphatic carbocycles. The molecule has 0 aromatic heterocycles. The van der Waals surface area contributed by atoms with Crippen LogP contribution >= 0.6 is 7.82 Å². The van der Waals surface area contributed by atoms with Crippen LogP contribution in [-0.2, 0) is 32.6 Å². The van der Waals surface area contributed by atoms with Crippen LogP contribution in [0.25, 0.3) is 0 Å². The summed E-state index contributed by atoms with van der Waals surface area (Å²) in [4.78, 5) is 39.5. The van der Waals surface area contributed by atoms with Crippen LogP contribution in [0.1, 0.15) is 43.5 Å². The van der Waals surface area contributed by atoms with Gasteiger partial charge >= 0.3 is 0 Å². The third kappa shape index (κ3) is 12.3. The number of likely N-dealkylation sites (N-methyl/N-ethyl adjacent to an activating group) is 1. The molecule has 14 nitrogen and oxygen atoms in total. The summed E-state index contributed by atoms with van der Waals surface area (Å²) in [6.07, 6.45) is 0.997. The van der Waals surface area contributed by atoms with Gasteiger partial charge in [-0.15, -0.1) is 0 Å². The van der Waals surface area contributed by atoms with Gasteiger partial charge < -0.3 is 53.1 Å². The normalized spacial score (nSPS) is 22.8. The number of nitrogens with one attached hydrogen (secondary N) is 1. The van der Waals surface area contributed by atoms with E-state index in [1.165, 1.54) is 7.11 Å². The number of likely N-dealkylation sites (tertiary alicyclic amines) is 2. The number of methoxy groups -OCH3 is 2. The van der Waals surface area contributed by atoms with Crippen molar-refractivity contribution in [2.24, 2.45) is 0 Å². The Hall–Kier alpha value is -2.13. The molecule has 0 spiro atoms. The number of phosphoric ester groups is 1. The van der Waals surface area contributed by atoms with Crippen LogP contribution < -0.4 is 14.9 Å². The molecule has 2 aliphatic heterocycles. The molecule has 5 unspecified atom stereocenters. The fraction of sp³-hybridized carbons (Fsp3) is 0.724. The Balaban J connectivity index is 0.000000432. The van der Waals surface area contributed by atoms with E-state index in [9.17, 15) is 19.0 Å². The summed E-state index contributed by atoms with van der Waals surface area (Å²) in [6, 6.07) is 6.45. The average Bonchev–Trinajstić information content (AvgIpc) is 3.62. The van der Waals surface area contributed by atoms with Gasteiger partial charge in [0, 0.05) is 45.8 Å². The first-order valence-corrected chi connectivity index (χ1v) is 16.4. The molecular weight excluding hydrogens is 597 g/mol. The van der Waals surface area contributed by atoms with E-state index in [4.69, 9.17) is 28.6 Å². The molecule has 0 bridgehead atoms. The number of benzene rings is 1. The van der Waals surface area contributed by atoms with Crippen molar-refractivity contribution in [3.05, 3.63) is 29.8 Å². The van der Waals surface area contributed by atoms with E-state index >= 15 is 0 Å². The van der Waals surface area contributed by atoms with E-state index in [0.29, 0.717) is 50.5 Å². The van der Waals surface area contributed by atoms with E-state index in [1.807, 2.05) is 14.0 Å². The summed E-state index contributed by atoms with van der Waals surface area (Å²) in [5.41, 5.74) is 0.467. The van der Waals surface area contributed by atoms with E-state index in [-0.39, 0.29) is 56.4 Å². The van der Waals surface area contributed by atoms with Gasteiger partial charge in [0.25, 0.3) is 13.7 Å². The van der Waals surface area contributed by atoms with Crippen molar-refractivity contribution in [3.8, 4) is 5.75 Å². The predicted octanol–water partition coefficient (Wildman–Crippen LogP) is 1.06. The van der Waals surface area contributed by atoms with Crippen molar-refractivity contribution in [1.82, 2.24) is 15.1 Å². The number of nitrogens with zero attached hydrogens (tertiary/aromatic N) is 2. The fourth-order valence-corrected chi connectivity index (χ4v) is 5.90. The smallest absolute Gasteiger partial charge is 0.268 e. The zero-order valence-electron chi connectivity index (χ0n) is 26.5. The second kappa shape index (κ2) is 20.1. The molecule has 2 heterocycles. The minimum atomic E-state index is -4.40. The van der Waals surface area contributed by atoms with Gasteiger partial charge in [-0.2, -0.15) is 0 Å². The van der Waals surface area contributed by atoms with Crippen molar-refractivity contribution in [2.45, 2.75) is 57.4 Å². The third-order valence-electron chi connectivity index (χ3n) is 7.20. The van der Waals surface area contributed by atoms with Gasteiger partial charge in [-0.25, -0.2) is 0 Å². The molecule has 0 saturated carbocycles. The first kappa shape index (κ1) is 38.1. The maximum atomic E-state index is 13.0. The van der Waals surface area contributed by atoms with Crippen LogP contribution in [0.4, 0.5) is 0 Å². The van der Waals surface area contributed by atoms with Crippen LogP contribution in [0, 0.1) is 0 Å². The molecule has 2 N–H and O–H groups in total. The third-order valence-corrected chi connectivity index (χ3v) is 8.33. The Kier molecular flexibility index (Phi) is 17.4. The second-order valence-corrected chi connectivity index (χ2v) is 11.7. The van der Waals surface area contributed by atoms with Crippen molar-refractivity contribution in [3.63, 3.8) is 0 Å². The molecule has 5 atom stereocenters. The van der Waals surface area contributed by atoms with Crippen LogP contribution in [0.5, 0.6) is 5.75 Å². The van der Waals surface area contributed by atoms with Gasteiger partial charge in [0.2, 0.25) is 5.91 Å². The van der Waals surface area contributed by atoms with Gasteiger partial charge in [0.15, 0.2) is 0 Å². The van der Waals surface area contributed by atoms with Crippen LogP contribution in [0.15, 0.2) is 24.3 Å². The lowest BCUT2D eigenvalue weighted by atomic mass is 10.1. The first-order chi connectivity index (χ1) is 21.1. The Morgan fingerprint density at radius 2 is 1.70 bits per heavy atom. The molecule has 2 aliphatic rings. The quantitative estimate of drug-likeness (QED) is 0.183. The number of carbonyl (C=O) groups is 2. The van der Waals surface area contributed by atoms with E-state index in [0.717, 1.165) is 13.0 Å². The number of phosphoric acid groups is 1. The van der Waals surface area contributed by atoms with Gasteiger partial charge in [0.1, 0.15) is 12.4 Å². The van der Waals surface area contributed by atoms with Gasteiger partial charge in [-0.05, 0) is 51.1 Å². The maximum absolute atomic E-state index is 13.0. The van der Waals surface area contributed by atoms with Crippen molar-refractivity contribution < 1.29 is 52.1 Å². The number of rotatable bonds is 17. The minimum Gasteiger partial charge on any atom is -0.756 e. The number of hydrogen-bond acceptors (Lipinski definition) is 12. The molecule has 252 valence electrons. The molecule has 2 fully saturated rings. The van der Waals surface area contributed by atoms with Crippen molar-refractivity contribution in [1.29, 1.82) is 0 Å². The molecule has 2 saturated heterocycles. The lowest BCUT2D eigenvalue weighted by Crippen LogP contribution is -2.38. The van der Waals surface area contributed by atoms with Crippen LogP contribution in [0.3, 0.4) is 0 Å². The molecule has 1 aromatic rings. The molecule has 44 heavy (non-hydrogen) atoms. The highest BCUT2D eigenvalue weighted by atomic mass is 31.2. The van der Waals surface area contributed by atoms with Gasteiger partial charge in [-0.1, -0.05) is 6.92 Å². The lowest BCUT2D eigenvalue weighted by molar-refractivity contribution is -0.228. The summed E-state index contributed by atoms with van der Waals surface area (Å²) in [7, 11) is 0.628. The molecule has 1 aromatic carbocycles. The highest BCUT2D eigenvalue weighted by Gasteiger charge is 2.38. The van der Waals surface area contributed by atoms with E-state index < -0.39 is 13.9 Å². The highest BCUT2D eigenvalue weighted by molar-refractivity contribution is 7.45. The standard InChI is InChI=1S/C20H33N2O8P.C9H17NO3/c1-4-29-31(24,25)30-19-13-17(15-26-3)22(14-19)20(23)16-5-7-18(8-6-16)28-12-11-27-10-9-21-2;1-3-9(12)10-5-8(13-2)4-7(10)6-11/h5-8,17,19,21H,4,9-15H2,1-3H3,(H,24,25);7-8,11H,3-6H2,1-2H3/p-1. The topological polar surface area (TPSA) is 168 Å². The molecular formula is C29H49N3O11P-. The zero-order valence-corrected chi connectivity index (χ0v) is 27.4. The number of carbonyl (C=O) groups excluding carboxylic acids is 2. The molecule has 15 heteroatoms. The van der Waals surface area contributed by atoms with E-state index in [1.54, 1.807) is 48.1 Å². The van der Waals surface area contributed by atoms with Crippen LogP contribution in [0.2, 0.25) is 0 Å². The predicted molar refractivity (Wildman–Crippen MR) is 160 cm³/mol. The molecule has 0 radical (unpaired) electrons. The fourth-order valence-electron chi connectivity index (χ4n) is 5.00. The molecule has 3 rings (SSSR count). The Morgan fingerprint density at radius 1 is 1.02 bits per heavy atom. The van der Waals surface area contributed by atoms with Crippen LogP contribution in [-0.4, -0.2) is 132 Å². The number of ether oxygens (including phenoxy) is 4. The number of aliphatic hydroxyl groups is 1. The highest BCUT2D eigenvalue weighted by Crippen LogP contribution is 2.42. The second-order valence-electron chi connectivity index (χ2n) is 10.3. The number of amides is 2. The Bertz CT molecular complexity index is 1030. The number of hydrogen-bond donors (Lipinski definition) is 2. The summed E-state index contributed by atoms with van der Waals surface area (Å²) in [5, 5.41) is 12.0. The minimum absolute atomic E-state index is 0.00582. The van der Waals surface area contributed by atoms with Crippen molar-refractivity contribution in [2.75, 3.05) is 80.5 Å². The summed E-state index contributed by atoms with van der Waals surface area (Å²) in [5.74, 6) is 0.500. The SMILES string of the molecule is CCC(=O)N1CC(OC)CC1CO.CCOP(=O)([O-])OC1CC(COC)N(C(=O)c2ccc(OCCOCCNC)cc2)C1. The Labute approximate surface area is 260 Å². The maximum Gasteiger partial charge on any atom is 0.268 e. The average molecular weight is 647 g/mol. The zero-order chi connectivity index (χ0) is 32.5. The van der Waals surface area contributed by atoms with Gasteiger partial charge in [-0.3, -0.25) is 14.2 Å². The lowest BCUT2D eigenvalue weighted by Gasteiger charge is -2.26. The van der Waals surface area contributed by atoms with Crippen molar-refractivity contribution >= 4 is 19.6 Å². The van der Waals surface area contributed by atoms with Gasteiger partial charge in [0.05, 0.1) is 57.3 Å². The number of aliphatic hydroxyl groups excluding tert-OH is 1.